The van der Waals surface area contributed by atoms with E-state index in [0.717, 1.165) is 36.5 Å². The molecule has 1 aliphatic heterocycles. The molecule has 0 radical (unpaired) electrons. The van der Waals surface area contributed by atoms with E-state index in [1.54, 1.807) is 6.20 Å². The molecule has 0 aliphatic carbocycles. The van der Waals surface area contributed by atoms with Crippen LogP contribution in [-0.2, 0) is 13.0 Å². The molecule has 2 aromatic heterocycles. The summed E-state index contributed by atoms with van der Waals surface area (Å²) < 4.78 is 0. The van der Waals surface area contributed by atoms with E-state index in [4.69, 9.17) is 12.2 Å². The number of rotatable bonds is 4. The fourth-order valence-electron chi connectivity index (χ4n) is 3.25. The van der Waals surface area contributed by atoms with Crippen LogP contribution in [0.5, 0.6) is 0 Å². The molecule has 136 valence electrons. The van der Waals surface area contributed by atoms with Gasteiger partial charge in [0.15, 0.2) is 5.11 Å². The Morgan fingerprint density at radius 2 is 2.00 bits per heavy atom. The standard InChI is InChI=1S/C21H21N5S/c27-21(24-14-16-5-3-11-22-13-16)25-18-9-10-20(23-15-18)26-12-4-7-17-6-1-2-8-19(17)26/h1-3,5-6,8-11,13,15H,4,7,12,14H2,(H2,24,25,27). The summed E-state index contributed by atoms with van der Waals surface area (Å²) in [7, 11) is 0. The maximum absolute atomic E-state index is 5.36. The lowest BCUT2D eigenvalue weighted by molar-refractivity contribution is 0.760. The topological polar surface area (TPSA) is 53.1 Å². The van der Waals surface area contributed by atoms with Crippen molar-refractivity contribution in [2.24, 2.45) is 0 Å². The lowest BCUT2D eigenvalue weighted by atomic mass is 10.0. The molecule has 1 aliphatic rings. The molecule has 0 bridgehead atoms. The van der Waals surface area contributed by atoms with Gasteiger partial charge >= 0.3 is 0 Å². The molecule has 3 aromatic rings. The number of aromatic nitrogens is 2. The number of nitrogens with zero attached hydrogens (tertiary/aromatic N) is 3. The molecular weight excluding hydrogens is 354 g/mol. The Morgan fingerprint density at radius 1 is 1.07 bits per heavy atom. The van der Waals surface area contributed by atoms with Gasteiger partial charge in [0.1, 0.15) is 5.82 Å². The highest BCUT2D eigenvalue weighted by atomic mass is 32.1. The minimum Gasteiger partial charge on any atom is -0.358 e. The largest absolute Gasteiger partial charge is 0.358 e. The number of fused-ring (bicyclic) bond motifs is 1. The van der Waals surface area contributed by atoms with Crippen molar-refractivity contribution in [2.75, 3.05) is 16.8 Å². The molecule has 3 heterocycles. The first-order valence-electron chi connectivity index (χ1n) is 9.05. The van der Waals surface area contributed by atoms with E-state index < -0.39 is 0 Å². The first kappa shape index (κ1) is 17.4. The molecule has 0 saturated heterocycles. The van der Waals surface area contributed by atoms with Crippen molar-refractivity contribution >= 4 is 34.5 Å². The van der Waals surface area contributed by atoms with Crippen LogP contribution >= 0.6 is 12.2 Å². The molecule has 4 rings (SSSR count). The zero-order chi connectivity index (χ0) is 18.5. The Kier molecular flexibility index (Phi) is 5.25. The van der Waals surface area contributed by atoms with Crippen LogP contribution in [-0.4, -0.2) is 21.6 Å². The number of nitrogens with one attached hydrogen (secondary N) is 2. The Bertz CT molecular complexity index is 911. The quantitative estimate of drug-likeness (QED) is 0.671. The zero-order valence-corrected chi connectivity index (χ0v) is 15.7. The minimum absolute atomic E-state index is 0.566. The normalized spacial score (nSPS) is 13.0. The van der Waals surface area contributed by atoms with Gasteiger partial charge in [-0.05, 0) is 60.5 Å². The van der Waals surface area contributed by atoms with Crippen LogP contribution in [0.3, 0.4) is 0 Å². The number of para-hydroxylation sites is 1. The third-order valence-corrected chi connectivity index (χ3v) is 4.81. The average molecular weight is 376 g/mol. The molecule has 6 heteroatoms. The van der Waals surface area contributed by atoms with Crippen LogP contribution in [0.15, 0.2) is 67.1 Å². The van der Waals surface area contributed by atoms with Gasteiger partial charge in [-0.1, -0.05) is 24.3 Å². The molecule has 0 saturated carbocycles. The van der Waals surface area contributed by atoms with Gasteiger partial charge in [0, 0.05) is 31.2 Å². The van der Waals surface area contributed by atoms with Crippen LogP contribution in [0.1, 0.15) is 17.5 Å². The van der Waals surface area contributed by atoms with Crippen LogP contribution in [0.4, 0.5) is 17.2 Å². The number of anilines is 3. The molecule has 5 nitrogen and oxygen atoms in total. The number of thiocarbonyl (C=S) groups is 1. The maximum Gasteiger partial charge on any atom is 0.171 e. The number of pyridine rings is 2. The maximum atomic E-state index is 5.36. The summed E-state index contributed by atoms with van der Waals surface area (Å²) >= 11 is 5.36. The molecule has 1 aromatic carbocycles. The summed E-state index contributed by atoms with van der Waals surface area (Å²) in [5, 5.41) is 6.93. The number of hydrogen-bond donors (Lipinski definition) is 2. The summed E-state index contributed by atoms with van der Waals surface area (Å²) in [6.07, 6.45) is 7.67. The first-order valence-corrected chi connectivity index (χ1v) is 9.46. The molecule has 0 spiro atoms. The van der Waals surface area contributed by atoms with Crippen LogP contribution in [0.25, 0.3) is 0 Å². The van der Waals surface area contributed by atoms with Crippen LogP contribution in [0, 0.1) is 0 Å². The van der Waals surface area contributed by atoms with Crippen molar-refractivity contribution in [3.8, 4) is 0 Å². The summed E-state index contributed by atoms with van der Waals surface area (Å²) in [5.41, 5.74) is 4.59. The second-order valence-corrected chi connectivity index (χ2v) is 6.87. The second-order valence-electron chi connectivity index (χ2n) is 6.46. The average Bonchev–Trinajstić information content (AvgIpc) is 2.73. The molecular formula is C21H21N5S. The Hall–Kier alpha value is -2.99. The van der Waals surface area contributed by atoms with Crippen LogP contribution in [0.2, 0.25) is 0 Å². The molecule has 0 fully saturated rings. The van der Waals surface area contributed by atoms with E-state index in [1.165, 1.54) is 11.3 Å². The smallest absolute Gasteiger partial charge is 0.171 e. The molecule has 2 N–H and O–H groups in total. The summed E-state index contributed by atoms with van der Waals surface area (Å²) in [4.78, 5) is 11.0. The zero-order valence-electron chi connectivity index (χ0n) is 14.9. The van der Waals surface area contributed by atoms with Crippen LogP contribution < -0.4 is 15.5 Å². The fourth-order valence-corrected chi connectivity index (χ4v) is 3.44. The van der Waals surface area contributed by atoms with Crippen molar-refractivity contribution in [1.82, 2.24) is 15.3 Å². The Balaban J connectivity index is 1.39. The summed E-state index contributed by atoms with van der Waals surface area (Å²) in [5.74, 6) is 0.960. The highest BCUT2D eigenvalue weighted by Crippen LogP contribution is 2.32. The Morgan fingerprint density at radius 3 is 2.81 bits per heavy atom. The summed E-state index contributed by atoms with van der Waals surface area (Å²) in [6, 6.07) is 16.5. The number of aryl methyl sites for hydroxylation is 1. The highest BCUT2D eigenvalue weighted by molar-refractivity contribution is 7.80. The SMILES string of the molecule is S=C(NCc1cccnc1)Nc1ccc(N2CCCc3ccccc32)nc1. The van der Waals surface area contributed by atoms with Crippen molar-refractivity contribution in [2.45, 2.75) is 19.4 Å². The molecule has 0 atom stereocenters. The van der Waals surface area contributed by atoms with Gasteiger partial charge in [-0.25, -0.2) is 4.98 Å². The van der Waals surface area contributed by atoms with Crippen molar-refractivity contribution in [1.29, 1.82) is 0 Å². The fraction of sp³-hybridized carbons (Fsp3) is 0.190. The molecule has 0 unspecified atom stereocenters. The first-order chi connectivity index (χ1) is 13.3. The van der Waals surface area contributed by atoms with E-state index in [1.807, 2.05) is 36.7 Å². The Labute approximate surface area is 164 Å². The van der Waals surface area contributed by atoms with Gasteiger partial charge in [-0.15, -0.1) is 0 Å². The van der Waals surface area contributed by atoms with Gasteiger partial charge in [0.2, 0.25) is 0 Å². The number of hydrogen-bond acceptors (Lipinski definition) is 4. The third-order valence-electron chi connectivity index (χ3n) is 4.57. The van der Waals surface area contributed by atoms with Gasteiger partial charge in [0.25, 0.3) is 0 Å². The van der Waals surface area contributed by atoms with Crippen molar-refractivity contribution in [3.63, 3.8) is 0 Å². The monoisotopic (exact) mass is 375 g/mol. The summed E-state index contributed by atoms with van der Waals surface area (Å²) in [6.45, 7) is 1.62. The predicted molar refractivity (Wildman–Crippen MR) is 113 cm³/mol. The predicted octanol–water partition coefficient (Wildman–Crippen LogP) is 4.05. The highest BCUT2D eigenvalue weighted by Gasteiger charge is 2.18. The van der Waals surface area contributed by atoms with Gasteiger partial charge in [-0.3, -0.25) is 4.98 Å². The van der Waals surface area contributed by atoms with Gasteiger partial charge < -0.3 is 15.5 Å². The van der Waals surface area contributed by atoms with E-state index in [0.29, 0.717) is 11.7 Å². The molecule has 27 heavy (non-hydrogen) atoms. The van der Waals surface area contributed by atoms with E-state index in [9.17, 15) is 0 Å². The van der Waals surface area contributed by atoms with E-state index in [-0.39, 0.29) is 0 Å². The van der Waals surface area contributed by atoms with E-state index in [2.05, 4.69) is 49.8 Å². The van der Waals surface area contributed by atoms with E-state index >= 15 is 0 Å². The lowest BCUT2D eigenvalue weighted by Gasteiger charge is -2.30. The van der Waals surface area contributed by atoms with Gasteiger partial charge in [0.05, 0.1) is 11.9 Å². The lowest BCUT2D eigenvalue weighted by Crippen LogP contribution is -2.28. The number of benzene rings is 1. The van der Waals surface area contributed by atoms with Crippen molar-refractivity contribution < 1.29 is 0 Å². The minimum atomic E-state index is 0.566. The molecule has 0 amide bonds. The van der Waals surface area contributed by atoms with Crippen molar-refractivity contribution in [3.05, 3.63) is 78.2 Å². The second kappa shape index (κ2) is 8.14. The van der Waals surface area contributed by atoms with Gasteiger partial charge in [-0.2, -0.15) is 0 Å². The third kappa shape index (κ3) is 4.23.